The van der Waals surface area contributed by atoms with Gasteiger partial charge in [-0.15, -0.1) is 11.3 Å². The van der Waals surface area contributed by atoms with E-state index in [-0.39, 0.29) is 29.6 Å². The van der Waals surface area contributed by atoms with Crippen molar-refractivity contribution in [1.29, 1.82) is 0 Å². The summed E-state index contributed by atoms with van der Waals surface area (Å²) < 4.78 is 0. The number of carbonyl (C=O) groups excluding carboxylic acids is 3. The summed E-state index contributed by atoms with van der Waals surface area (Å²) in [4.78, 5) is 45.3. The fourth-order valence-electron chi connectivity index (χ4n) is 4.85. The Balaban J connectivity index is 1.60. The van der Waals surface area contributed by atoms with Crippen LogP contribution in [-0.2, 0) is 9.59 Å². The molecule has 1 aromatic heterocycles. The molecule has 3 aliphatic rings. The van der Waals surface area contributed by atoms with Crippen molar-refractivity contribution in [2.75, 3.05) is 39.3 Å². The van der Waals surface area contributed by atoms with Crippen LogP contribution in [0.15, 0.2) is 17.5 Å². The molecule has 27 heavy (non-hydrogen) atoms. The molecule has 3 amide bonds. The monoisotopic (exact) mass is 389 g/mol. The van der Waals surface area contributed by atoms with E-state index >= 15 is 0 Å². The number of carbonyl (C=O) groups is 3. The van der Waals surface area contributed by atoms with Crippen LogP contribution in [-0.4, -0.2) is 71.7 Å². The maximum absolute atomic E-state index is 13.5. The zero-order valence-corrected chi connectivity index (χ0v) is 16.8. The Kier molecular flexibility index (Phi) is 4.74. The Bertz CT molecular complexity index is 742. The average molecular weight is 390 g/mol. The minimum Gasteiger partial charge on any atom is -0.342 e. The molecule has 3 fully saturated rings. The molecule has 0 radical (unpaired) electrons. The Hall–Kier alpha value is -1.89. The molecule has 2 unspecified atom stereocenters. The molecule has 7 heteroatoms. The van der Waals surface area contributed by atoms with E-state index in [2.05, 4.69) is 0 Å². The topological polar surface area (TPSA) is 60.9 Å². The van der Waals surface area contributed by atoms with Crippen molar-refractivity contribution in [1.82, 2.24) is 14.7 Å². The number of fused-ring (bicyclic) bond motifs is 1. The van der Waals surface area contributed by atoms with Crippen LogP contribution in [0.2, 0.25) is 0 Å². The lowest BCUT2D eigenvalue weighted by Crippen LogP contribution is -2.49. The molecule has 0 N–H and O–H groups in total. The SMILES string of the molecule is CC(C)C(=O)N1CC2CN(C(=O)c3cccs3)CC2(C(=O)N2CCCC2)C1. The summed E-state index contributed by atoms with van der Waals surface area (Å²) in [6, 6.07) is 3.72. The smallest absolute Gasteiger partial charge is 0.263 e. The minimum atomic E-state index is -0.637. The summed E-state index contributed by atoms with van der Waals surface area (Å²) in [5, 5.41) is 1.90. The maximum atomic E-state index is 13.5. The maximum Gasteiger partial charge on any atom is 0.263 e. The first kappa shape index (κ1) is 18.5. The molecule has 0 saturated carbocycles. The van der Waals surface area contributed by atoms with Gasteiger partial charge in [-0.05, 0) is 24.3 Å². The van der Waals surface area contributed by atoms with Gasteiger partial charge in [0.25, 0.3) is 5.91 Å². The minimum absolute atomic E-state index is 0.00901. The predicted molar refractivity (Wildman–Crippen MR) is 103 cm³/mol. The first-order chi connectivity index (χ1) is 12.9. The number of rotatable bonds is 3. The summed E-state index contributed by atoms with van der Waals surface area (Å²) in [7, 11) is 0. The molecule has 0 spiro atoms. The van der Waals surface area contributed by atoms with Gasteiger partial charge in [0, 0.05) is 51.1 Å². The van der Waals surface area contributed by atoms with Crippen molar-refractivity contribution in [3.05, 3.63) is 22.4 Å². The lowest BCUT2D eigenvalue weighted by molar-refractivity contribution is -0.141. The predicted octanol–water partition coefficient (Wildman–Crippen LogP) is 1.93. The molecule has 0 aliphatic carbocycles. The Morgan fingerprint density at radius 2 is 1.74 bits per heavy atom. The number of nitrogens with zero attached hydrogens (tertiary/aromatic N) is 3. The molecule has 3 aliphatic heterocycles. The van der Waals surface area contributed by atoms with Crippen molar-refractivity contribution in [3.8, 4) is 0 Å². The zero-order chi connectivity index (χ0) is 19.2. The third-order valence-electron chi connectivity index (χ3n) is 6.25. The molecule has 4 rings (SSSR count). The van der Waals surface area contributed by atoms with Crippen LogP contribution in [0.5, 0.6) is 0 Å². The van der Waals surface area contributed by atoms with Crippen LogP contribution >= 0.6 is 11.3 Å². The highest BCUT2D eigenvalue weighted by molar-refractivity contribution is 7.12. The second-order valence-corrected chi connectivity index (χ2v) is 9.34. The fourth-order valence-corrected chi connectivity index (χ4v) is 5.54. The van der Waals surface area contributed by atoms with Gasteiger partial charge < -0.3 is 14.7 Å². The van der Waals surface area contributed by atoms with Crippen molar-refractivity contribution in [2.24, 2.45) is 17.3 Å². The van der Waals surface area contributed by atoms with Crippen LogP contribution in [0.3, 0.4) is 0 Å². The standard InChI is InChI=1S/C20H27N3O3S/c1-14(2)17(24)22-10-15-11-23(18(25)16-6-5-9-27-16)13-20(15,12-22)19(26)21-7-3-4-8-21/h5-6,9,14-15H,3-4,7-8,10-13H2,1-2H3. The molecule has 1 aromatic rings. The molecular formula is C20H27N3O3S. The van der Waals surface area contributed by atoms with Gasteiger partial charge in [-0.3, -0.25) is 14.4 Å². The van der Waals surface area contributed by atoms with Crippen LogP contribution in [0.1, 0.15) is 36.4 Å². The first-order valence-electron chi connectivity index (χ1n) is 9.83. The summed E-state index contributed by atoms with van der Waals surface area (Å²) in [6.07, 6.45) is 2.08. The number of thiophene rings is 1. The third kappa shape index (κ3) is 3.06. The van der Waals surface area contributed by atoms with Gasteiger partial charge >= 0.3 is 0 Å². The zero-order valence-electron chi connectivity index (χ0n) is 16.0. The summed E-state index contributed by atoms with van der Waals surface area (Å²) in [6.45, 7) is 7.39. The third-order valence-corrected chi connectivity index (χ3v) is 7.11. The number of hydrogen-bond acceptors (Lipinski definition) is 4. The lowest BCUT2D eigenvalue weighted by atomic mass is 9.79. The van der Waals surface area contributed by atoms with E-state index < -0.39 is 5.41 Å². The van der Waals surface area contributed by atoms with Crippen molar-refractivity contribution in [2.45, 2.75) is 26.7 Å². The van der Waals surface area contributed by atoms with Gasteiger partial charge in [0.15, 0.2) is 0 Å². The van der Waals surface area contributed by atoms with E-state index in [1.165, 1.54) is 11.3 Å². The van der Waals surface area contributed by atoms with Gasteiger partial charge in [0.1, 0.15) is 0 Å². The molecule has 6 nitrogen and oxygen atoms in total. The van der Waals surface area contributed by atoms with Crippen molar-refractivity contribution >= 4 is 29.1 Å². The van der Waals surface area contributed by atoms with E-state index in [9.17, 15) is 14.4 Å². The van der Waals surface area contributed by atoms with Crippen LogP contribution < -0.4 is 0 Å². The largest absolute Gasteiger partial charge is 0.342 e. The van der Waals surface area contributed by atoms with E-state index in [1.54, 1.807) is 0 Å². The molecule has 3 saturated heterocycles. The highest BCUT2D eigenvalue weighted by Crippen LogP contribution is 2.45. The Morgan fingerprint density at radius 1 is 1.07 bits per heavy atom. The number of amides is 3. The van der Waals surface area contributed by atoms with E-state index in [1.807, 2.05) is 46.1 Å². The lowest BCUT2D eigenvalue weighted by Gasteiger charge is -2.32. The van der Waals surface area contributed by atoms with Gasteiger partial charge in [-0.2, -0.15) is 0 Å². The molecule has 0 bridgehead atoms. The average Bonchev–Trinajstić information content (AvgIpc) is 3.43. The van der Waals surface area contributed by atoms with Crippen molar-refractivity contribution < 1.29 is 14.4 Å². The van der Waals surface area contributed by atoms with Crippen LogP contribution in [0, 0.1) is 17.3 Å². The van der Waals surface area contributed by atoms with Crippen molar-refractivity contribution in [3.63, 3.8) is 0 Å². The second-order valence-electron chi connectivity index (χ2n) is 8.39. The summed E-state index contributed by atoms with van der Waals surface area (Å²) >= 11 is 1.44. The van der Waals surface area contributed by atoms with Gasteiger partial charge in [-0.25, -0.2) is 0 Å². The fraction of sp³-hybridized carbons (Fsp3) is 0.650. The number of likely N-dealkylation sites (tertiary alicyclic amines) is 3. The van der Waals surface area contributed by atoms with E-state index in [0.717, 1.165) is 25.9 Å². The van der Waals surface area contributed by atoms with Crippen LogP contribution in [0.4, 0.5) is 0 Å². The molecule has 4 heterocycles. The number of hydrogen-bond donors (Lipinski definition) is 0. The van der Waals surface area contributed by atoms with E-state index in [0.29, 0.717) is 31.1 Å². The highest BCUT2D eigenvalue weighted by Gasteiger charge is 2.60. The normalized spacial score (nSPS) is 27.5. The van der Waals surface area contributed by atoms with Gasteiger partial charge in [0.05, 0.1) is 10.3 Å². The second kappa shape index (κ2) is 6.93. The molecule has 0 aromatic carbocycles. The summed E-state index contributed by atoms with van der Waals surface area (Å²) in [5.41, 5.74) is -0.637. The summed E-state index contributed by atoms with van der Waals surface area (Å²) in [5.74, 6) is 0.207. The van der Waals surface area contributed by atoms with Crippen LogP contribution in [0.25, 0.3) is 0 Å². The quantitative estimate of drug-likeness (QED) is 0.794. The first-order valence-corrected chi connectivity index (χ1v) is 10.7. The molecule has 2 atom stereocenters. The highest BCUT2D eigenvalue weighted by atomic mass is 32.1. The Labute approximate surface area is 164 Å². The molecule has 146 valence electrons. The van der Waals surface area contributed by atoms with Gasteiger partial charge in [-0.1, -0.05) is 19.9 Å². The van der Waals surface area contributed by atoms with Gasteiger partial charge in [0.2, 0.25) is 11.8 Å². The molecular weight excluding hydrogens is 362 g/mol. The van der Waals surface area contributed by atoms with E-state index in [4.69, 9.17) is 0 Å². The Morgan fingerprint density at radius 3 is 2.37 bits per heavy atom.